The molecule has 7 nitrogen and oxygen atoms in total. The standard InChI is InChI=1S/C20H15ClN4O3/c1-25-10-14(18(24-25)12-6-4-3-5-7-12)19-13-8-17(28-20(21)26)16(27-2)9-15(13)22-11-23-19/h3-11H,1-2H3. The van der Waals surface area contributed by atoms with Crippen LogP contribution in [0.25, 0.3) is 33.4 Å². The molecule has 0 saturated carbocycles. The molecule has 0 aliphatic rings. The summed E-state index contributed by atoms with van der Waals surface area (Å²) in [5, 5.41) is 5.28. The lowest BCUT2D eigenvalue weighted by Gasteiger charge is -2.11. The SMILES string of the molecule is COc1cc2ncnc(-c3cn(C)nc3-c3ccccc3)c2cc1OC(=O)Cl. The van der Waals surface area contributed by atoms with E-state index in [0.29, 0.717) is 22.3 Å². The molecule has 0 bridgehead atoms. The van der Waals surface area contributed by atoms with Crippen LogP contribution in [0.5, 0.6) is 11.5 Å². The van der Waals surface area contributed by atoms with Gasteiger partial charge in [0.05, 0.1) is 18.3 Å². The molecule has 0 atom stereocenters. The molecule has 0 amide bonds. The molecule has 0 unspecified atom stereocenters. The van der Waals surface area contributed by atoms with Crippen LogP contribution in [0.15, 0.2) is 55.0 Å². The van der Waals surface area contributed by atoms with Crippen molar-refractivity contribution in [1.29, 1.82) is 0 Å². The van der Waals surface area contributed by atoms with Gasteiger partial charge in [0.2, 0.25) is 0 Å². The maximum absolute atomic E-state index is 11.3. The molecule has 4 rings (SSSR count). The molecule has 8 heteroatoms. The van der Waals surface area contributed by atoms with Crippen LogP contribution in [0.1, 0.15) is 0 Å². The van der Waals surface area contributed by atoms with Crippen LogP contribution < -0.4 is 9.47 Å². The van der Waals surface area contributed by atoms with Crippen molar-refractivity contribution in [3.8, 4) is 34.0 Å². The van der Waals surface area contributed by atoms with Crippen LogP contribution in [0.2, 0.25) is 0 Å². The summed E-state index contributed by atoms with van der Waals surface area (Å²) in [6.45, 7) is 0. The fourth-order valence-electron chi connectivity index (χ4n) is 3.08. The topological polar surface area (TPSA) is 79.1 Å². The van der Waals surface area contributed by atoms with E-state index in [-0.39, 0.29) is 5.75 Å². The first-order chi connectivity index (χ1) is 13.6. The van der Waals surface area contributed by atoms with Crippen LogP contribution in [-0.4, -0.2) is 32.3 Å². The van der Waals surface area contributed by atoms with Crippen molar-refractivity contribution in [2.45, 2.75) is 0 Å². The van der Waals surface area contributed by atoms with Crippen molar-refractivity contribution in [1.82, 2.24) is 19.7 Å². The molecule has 2 heterocycles. The van der Waals surface area contributed by atoms with Gasteiger partial charge in [-0.15, -0.1) is 0 Å². The Morgan fingerprint density at radius 1 is 1.07 bits per heavy atom. The van der Waals surface area contributed by atoms with Crippen LogP contribution >= 0.6 is 11.6 Å². The minimum absolute atomic E-state index is 0.191. The first-order valence-electron chi connectivity index (χ1n) is 8.36. The highest BCUT2D eigenvalue weighted by molar-refractivity contribution is 6.61. The Labute approximate surface area is 165 Å². The lowest BCUT2D eigenvalue weighted by atomic mass is 10.0. The molecule has 0 spiro atoms. The Hall–Kier alpha value is -3.45. The molecule has 2 aromatic carbocycles. The van der Waals surface area contributed by atoms with Gasteiger partial charge in [-0.05, 0) is 6.07 Å². The molecule has 0 N–H and O–H groups in total. The number of nitrogens with zero attached hydrogens (tertiary/aromatic N) is 4. The molecule has 4 aromatic rings. The Morgan fingerprint density at radius 2 is 1.86 bits per heavy atom. The third kappa shape index (κ3) is 3.27. The van der Waals surface area contributed by atoms with Gasteiger partial charge in [-0.25, -0.2) is 14.8 Å². The maximum Gasteiger partial charge on any atom is 0.409 e. The number of rotatable bonds is 4. The van der Waals surface area contributed by atoms with E-state index in [1.165, 1.54) is 13.4 Å². The third-order valence-corrected chi connectivity index (χ3v) is 4.32. The predicted molar refractivity (Wildman–Crippen MR) is 106 cm³/mol. The zero-order chi connectivity index (χ0) is 19.7. The average molecular weight is 395 g/mol. The molecule has 140 valence electrons. The zero-order valence-electron chi connectivity index (χ0n) is 15.1. The van der Waals surface area contributed by atoms with Gasteiger partial charge in [0.1, 0.15) is 12.0 Å². The largest absolute Gasteiger partial charge is 0.493 e. The normalized spacial score (nSPS) is 10.8. The highest BCUT2D eigenvalue weighted by atomic mass is 35.5. The summed E-state index contributed by atoms with van der Waals surface area (Å²) < 4.78 is 12.1. The van der Waals surface area contributed by atoms with E-state index in [4.69, 9.17) is 21.1 Å². The number of benzene rings is 2. The molecule has 0 fully saturated rings. The number of halogens is 1. The quantitative estimate of drug-likeness (QED) is 0.476. The highest BCUT2D eigenvalue weighted by Gasteiger charge is 2.19. The number of hydrogen-bond donors (Lipinski definition) is 0. The Bertz CT molecular complexity index is 1180. The van der Waals surface area contributed by atoms with Crippen LogP contribution in [0, 0.1) is 0 Å². The van der Waals surface area contributed by atoms with Gasteiger partial charge in [0.25, 0.3) is 0 Å². The van der Waals surface area contributed by atoms with Crippen molar-refractivity contribution in [2.75, 3.05) is 7.11 Å². The summed E-state index contributed by atoms with van der Waals surface area (Å²) in [7, 11) is 3.33. The van der Waals surface area contributed by atoms with Crippen LogP contribution in [-0.2, 0) is 7.05 Å². The van der Waals surface area contributed by atoms with Gasteiger partial charge in [-0.3, -0.25) is 4.68 Å². The summed E-state index contributed by atoms with van der Waals surface area (Å²) in [6.07, 6.45) is 3.37. The fraction of sp³-hybridized carbons (Fsp3) is 0.100. The molecule has 0 aliphatic heterocycles. The zero-order valence-corrected chi connectivity index (χ0v) is 15.8. The highest BCUT2D eigenvalue weighted by Crippen LogP contribution is 2.38. The number of methoxy groups -OCH3 is 1. The Kier molecular flexibility index (Phi) is 4.67. The van der Waals surface area contributed by atoms with Gasteiger partial charge < -0.3 is 9.47 Å². The van der Waals surface area contributed by atoms with Crippen molar-refractivity contribution in [2.24, 2.45) is 7.05 Å². The van der Waals surface area contributed by atoms with E-state index < -0.39 is 5.43 Å². The van der Waals surface area contributed by atoms with Crippen LogP contribution in [0.3, 0.4) is 0 Å². The number of hydrogen-bond acceptors (Lipinski definition) is 6. The van der Waals surface area contributed by atoms with Gasteiger partial charge in [-0.1, -0.05) is 30.3 Å². The molecule has 0 aliphatic carbocycles. The number of ether oxygens (including phenoxy) is 2. The number of fused-ring (bicyclic) bond motifs is 1. The minimum atomic E-state index is -0.956. The summed E-state index contributed by atoms with van der Waals surface area (Å²) in [5.74, 6) is 0.539. The number of aryl methyl sites for hydroxylation is 1. The second-order valence-corrected chi connectivity index (χ2v) is 6.32. The van der Waals surface area contributed by atoms with E-state index in [9.17, 15) is 4.79 Å². The monoisotopic (exact) mass is 394 g/mol. The molecule has 0 saturated heterocycles. The van der Waals surface area contributed by atoms with E-state index in [1.807, 2.05) is 43.6 Å². The van der Waals surface area contributed by atoms with Gasteiger partial charge in [0, 0.05) is 47.4 Å². The average Bonchev–Trinajstić information content (AvgIpc) is 3.08. The second kappa shape index (κ2) is 7.28. The van der Waals surface area contributed by atoms with Crippen molar-refractivity contribution in [3.05, 3.63) is 55.0 Å². The molecular formula is C20H15ClN4O3. The third-order valence-electron chi connectivity index (χ3n) is 4.24. The molecule has 2 aromatic heterocycles. The lowest BCUT2D eigenvalue weighted by Crippen LogP contribution is -2.00. The van der Waals surface area contributed by atoms with Crippen molar-refractivity contribution < 1.29 is 14.3 Å². The second-order valence-electron chi connectivity index (χ2n) is 6.01. The number of aromatic nitrogens is 4. The van der Waals surface area contributed by atoms with E-state index >= 15 is 0 Å². The lowest BCUT2D eigenvalue weighted by molar-refractivity contribution is 0.223. The van der Waals surface area contributed by atoms with E-state index in [0.717, 1.165) is 16.8 Å². The maximum atomic E-state index is 11.3. The van der Waals surface area contributed by atoms with E-state index in [2.05, 4.69) is 15.1 Å². The number of carbonyl (C=O) groups excluding carboxylic acids is 1. The van der Waals surface area contributed by atoms with Crippen LogP contribution in [0.4, 0.5) is 4.79 Å². The summed E-state index contributed by atoms with van der Waals surface area (Å²) in [4.78, 5) is 20.0. The molecule has 0 radical (unpaired) electrons. The smallest absolute Gasteiger partial charge is 0.409 e. The first kappa shape index (κ1) is 17.9. The Morgan fingerprint density at radius 3 is 2.57 bits per heavy atom. The molecular weight excluding hydrogens is 380 g/mol. The minimum Gasteiger partial charge on any atom is -0.493 e. The van der Waals surface area contributed by atoms with Crippen molar-refractivity contribution >= 4 is 27.9 Å². The number of carbonyl (C=O) groups is 1. The molecule has 28 heavy (non-hydrogen) atoms. The summed E-state index contributed by atoms with van der Waals surface area (Å²) in [6, 6.07) is 13.1. The van der Waals surface area contributed by atoms with Gasteiger partial charge in [-0.2, -0.15) is 5.10 Å². The first-order valence-corrected chi connectivity index (χ1v) is 8.74. The summed E-state index contributed by atoms with van der Waals surface area (Å²) >= 11 is 5.40. The Balaban J connectivity index is 1.97. The fourth-order valence-corrected chi connectivity index (χ4v) is 3.16. The predicted octanol–water partition coefficient (Wildman–Crippen LogP) is 4.44. The van der Waals surface area contributed by atoms with Gasteiger partial charge in [0.15, 0.2) is 11.5 Å². The van der Waals surface area contributed by atoms with Gasteiger partial charge >= 0.3 is 5.43 Å². The summed E-state index contributed by atoms with van der Waals surface area (Å²) in [5.41, 5.74) is 2.92. The van der Waals surface area contributed by atoms with E-state index in [1.54, 1.807) is 16.8 Å². The van der Waals surface area contributed by atoms with Crippen molar-refractivity contribution in [3.63, 3.8) is 0 Å².